The quantitative estimate of drug-likeness (QED) is 0.720. The minimum Gasteiger partial charge on any atom is -0.482 e. The lowest BCUT2D eigenvalue weighted by molar-refractivity contribution is -0.143. The molecule has 1 aliphatic heterocycles. The van der Waals surface area contributed by atoms with Gasteiger partial charge in [0.25, 0.3) is 5.91 Å². The number of amides is 1. The minimum absolute atomic E-state index is 0.106. The molecule has 0 N–H and O–H groups in total. The van der Waals surface area contributed by atoms with Crippen molar-refractivity contribution in [3.63, 3.8) is 0 Å². The summed E-state index contributed by atoms with van der Waals surface area (Å²) in [5.74, 6) is -0.210. The number of carbonyl (C=O) groups excluding carboxylic acids is 2. The maximum Gasteiger partial charge on any atom is 0.328 e. The molecular weight excluding hydrogens is 356 g/mol. The van der Waals surface area contributed by atoms with E-state index in [0.717, 1.165) is 22.7 Å². The van der Waals surface area contributed by atoms with Crippen LogP contribution < -0.4 is 9.64 Å². The molecule has 26 heavy (non-hydrogen) atoms. The van der Waals surface area contributed by atoms with E-state index in [-0.39, 0.29) is 12.5 Å². The number of fused-ring (bicyclic) bond motifs is 1. The molecule has 2 aromatic rings. The Morgan fingerprint density at radius 1 is 1.42 bits per heavy atom. The number of thiazole rings is 1. The number of aromatic nitrogens is 1. The standard InChI is InChI=1S/C18H20N2O5S/c1-11(18(22)24-3)20-14-8-12(4-5-15(14)25-9-17(20)21)13-10-26-16(19-13)6-7-23-2/h4-5,8,10-11H,6-7,9H2,1-3H3. The highest BCUT2D eigenvalue weighted by molar-refractivity contribution is 7.09. The van der Waals surface area contributed by atoms with E-state index in [9.17, 15) is 9.59 Å². The summed E-state index contributed by atoms with van der Waals surface area (Å²) in [7, 11) is 2.96. The van der Waals surface area contributed by atoms with E-state index in [1.165, 1.54) is 12.0 Å². The molecule has 1 aromatic heterocycles. The number of nitrogens with zero attached hydrogens (tertiary/aromatic N) is 2. The van der Waals surface area contributed by atoms with Crippen molar-refractivity contribution in [2.75, 3.05) is 32.3 Å². The van der Waals surface area contributed by atoms with Gasteiger partial charge in [0.1, 0.15) is 11.8 Å². The van der Waals surface area contributed by atoms with Crippen molar-refractivity contribution in [1.82, 2.24) is 4.98 Å². The molecule has 1 aliphatic rings. The van der Waals surface area contributed by atoms with Crippen molar-refractivity contribution < 1.29 is 23.8 Å². The third-order valence-corrected chi connectivity index (χ3v) is 5.04. The molecule has 138 valence electrons. The summed E-state index contributed by atoms with van der Waals surface area (Å²) in [6.45, 7) is 2.15. The van der Waals surface area contributed by atoms with Gasteiger partial charge in [0.15, 0.2) is 6.61 Å². The second kappa shape index (κ2) is 7.84. The lowest BCUT2D eigenvalue weighted by Crippen LogP contribution is -2.48. The molecule has 1 atom stereocenters. The van der Waals surface area contributed by atoms with Crippen LogP contribution >= 0.6 is 11.3 Å². The van der Waals surface area contributed by atoms with E-state index in [0.29, 0.717) is 18.0 Å². The normalized spacial score (nSPS) is 14.6. The molecule has 1 aromatic carbocycles. The van der Waals surface area contributed by atoms with Crippen LogP contribution in [0.25, 0.3) is 11.3 Å². The first-order valence-electron chi connectivity index (χ1n) is 8.15. The SMILES string of the molecule is COCCc1nc(-c2ccc3c(c2)N(C(C)C(=O)OC)C(=O)CO3)cs1. The molecule has 0 radical (unpaired) electrons. The van der Waals surface area contributed by atoms with Crippen molar-refractivity contribution in [2.24, 2.45) is 0 Å². The number of methoxy groups -OCH3 is 2. The Kier molecular flexibility index (Phi) is 5.53. The Bertz CT molecular complexity index is 820. The van der Waals surface area contributed by atoms with Crippen molar-refractivity contribution >= 4 is 28.9 Å². The fraction of sp³-hybridized carbons (Fsp3) is 0.389. The van der Waals surface area contributed by atoms with Gasteiger partial charge in [0.05, 0.1) is 30.1 Å². The fourth-order valence-electron chi connectivity index (χ4n) is 2.78. The molecule has 0 saturated heterocycles. The van der Waals surface area contributed by atoms with Gasteiger partial charge >= 0.3 is 5.97 Å². The van der Waals surface area contributed by atoms with E-state index in [4.69, 9.17) is 14.2 Å². The number of rotatable bonds is 6. The van der Waals surface area contributed by atoms with Gasteiger partial charge in [-0.05, 0) is 25.1 Å². The molecule has 1 amide bonds. The third-order valence-electron chi connectivity index (χ3n) is 4.14. The van der Waals surface area contributed by atoms with Crippen LogP contribution in [0.1, 0.15) is 11.9 Å². The van der Waals surface area contributed by atoms with Gasteiger partial charge in [0.2, 0.25) is 0 Å². The molecule has 1 unspecified atom stereocenters. The summed E-state index contributed by atoms with van der Waals surface area (Å²) in [5.41, 5.74) is 2.21. The number of ether oxygens (including phenoxy) is 3. The first-order valence-corrected chi connectivity index (χ1v) is 9.03. The molecule has 8 heteroatoms. The summed E-state index contributed by atoms with van der Waals surface area (Å²) >= 11 is 1.56. The summed E-state index contributed by atoms with van der Waals surface area (Å²) in [4.78, 5) is 30.3. The summed E-state index contributed by atoms with van der Waals surface area (Å²) in [5, 5.41) is 2.94. The Labute approximate surface area is 155 Å². The van der Waals surface area contributed by atoms with Gasteiger partial charge in [-0.3, -0.25) is 9.69 Å². The van der Waals surface area contributed by atoms with Gasteiger partial charge in [-0.2, -0.15) is 0 Å². The van der Waals surface area contributed by atoms with E-state index in [1.807, 2.05) is 17.5 Å². The van der Waals surface area contributed by atoms with Crippen LogP contribution in [-0.4, -0.2) is 50.3 Å². The summed E-state index contributed by atoms with van der Waals surface area (Å²) < 4.78 is 15.4. The van der Waals surface area contributed by atoms with Crippen molar-refractivity contribution in [3.05, 3.63) is 28.6 Å². The smallest absolute Gasteiger partial charge is 0.328 e. The van der Waals surface area contributed by atoms with Gasteiger partial charge in [0, 0.05) is 24.5 Å². The van der Waals surface area contributed by atoms with E-state index >= 15 is 0 Å². The van der Waals surface area contributed by atoms with E-state index < -0.39 is 12.0 Å². The number of benzene rings is 1. The summed E-state index contributed by atoms with van der Waals surface area (Å²) in [6, 6.07) is 4.77. The first kappa shape index (κ1) is 18.3. The molecule has 0 spiro atoms. The monoisotopic (exact) mass is 376 g/mol. The molecule has 0 aliphatic carbocycles. The lowest BCUT2D eigenvalue weighted by atomic mass is 10.1. The van der Waals surface area contributed by atoms with Crippen LogP contribution in [0, 0.1) is 0 Å². The van der Waals surface area contributed by atoms with Gasteiger partial charge < -0.3 is 14.2 Å². The number of hydrogen-bond acceptors (Lipinski definition) is 7. The molecule has 2 heterocycles. The highest BCUT2D eigenvalue weighted by atomic mass is 32.1. The first-order chi connectivity index (χ1) is 12.5. The molecule has 0 fully saturated rings. The maximum absolute atomic E-state index is 12.4. The van der Waals surface area contributed by atoms with Crippen molar-refractivity contribution in [3.8, 4) is 17.0 Å². The molecular formula is C18H20N2O5S. The lowest BCUT2D eigenvalue weighted by Gasteiger charge is -2.32. The zero-order chi connectivity index (χ0) is 18.7. The van der Waals surface area contributed by atoms with Crippen LogP contribution in [0.4, 0.5) is 5.69 Å². The Hall–Kier alpha value is -2.45. The predicted molar refractivity (Wildman–Crippen MR) is 97.6 cm³/mol. The van der Waals surface area contributed by atoms with E-state index in [2.05, 4.69) is 4.98 Å². The van der Waals surface area contributed by atoms with Crippen LogP contribution in [0.5, 0.6) is 5.75 Å². The largest absolute Gasteiger partial charge is 0.482 e. The van der Waals surface area contributed by atoms with Crippen molar-refractivity contribution in [2.45, 2.75) is 19.4 Å². The van der Waals surface area contributed by atoms with Gasteiger partial charge in [-0.1, -0.05) is 0 Å². The van der Waals surface area contributed by atoms with Crippen molar-refractivity contribution in [1.29, 1.82) is 0 Å². The van der Waals surface area contributed by atoms with Crippen LogP contribution in [-0.2, 0) is 25.5 Å². The van der Waals surface area contributed by atoms with Crippen LogP contribution in [0.15, 0.2) is 23.6 Å². The average Bonchev–Trinajstić information content (AvgIpc) is 3.13. The molecule has 3 rings (SSSR count). The maximum atomic E-state index is 12.4. The van der Waals surface area contributed by atoms with E-state index in [1.54, 1.807) is 31.4 Å². The molecule has 0 bridgehead atoms. The number of carbonyl (C=O) groups is 2. The predicted octanol–water partition coefficient (Wildman–Crippen LogP) is 2.29. The Morgan fingerprint density at radius 3 is 2.96 bits per heavy atom. The van der Waals surface area contributed by atoms with Crippen LogP contribution in [0.3, 0.4) is 0 Å². The second-order valence-electron chi connectivity index (χ2n) is 5.80. The highest BCUT2D eigenvalue weighted by Crippen LogP contribution is 2.37. The Balaban J connectivity index is 1.95. The highest BCUT2D eigenvalue weighted by Gasteiger charge is 2.34. The number of hydrogen-bond donors (Lipinski definition) is 0. The number of esters is 1. The fourth-order valence-corrected chi connectivity index (χ4v) is 3.57. The van der Waals surface area contributed by atoms with Crippen LogP contribution in [0.2, 0.25) is 0 Å². The molecule has 7 nitrogen and oxygen atoms in total. The zero-order valence-corrected chi connectivity index (χ0v) is 15.7. The second-order valence-corrected chi connectivity index (χ2v) is 6.75. The zero-order valence-electron chi connectivity index (χ0n) is 14.9. The average molecular weight is 376 g/mol. The summed E-state index contributed by atoms with van der Waals surface area (Å²) in [6.07, 6.45) is 0.749. The third kappa shape index (κ3) is 3.56. The number of anilines is 1. The minimum atomic E-state index is -0.738. The Morgan fingerprint density at radius 2 is 2.23 bits per heavy atom. The topological polar surface area (TPSA) is 78.0 Å². The van der Waals surface area contributed by atoms with Gasteiger partial charge in [-0.15, -0.1) is 11.3 Å². The molecule has 0 saturated carbocycles. The van der Waals surface area contributed by atoms with Gasteiger partial charge in [-0.25, -0.2) is 9.78 Å².